The Morgan fingerprint density at radius 3 is 3.00 bits per heavy atom. The second kappa shape index (κ2) is 7.39. The van der Waals surface area contributed by atoms with Crippen LogP contribution in [0, 0.1) is 0 Å². The number of alkyl carbamates (subject to hydrolysis) is 1. The summed E-state index contributed by atoms with van der Waals surface area (Å²) in [7, 11) is 0. The number of nitrogens with one attached hydrogen (secondary N) is 2. The minimum atomic E-state index is -0.582. The van der Waals surface area contributed by atoms with Gasteiger partial charge < -0.3 is 20.1 Å². The van der Waals surface area contributed by atoms with E-state index < -0.39 is 11.7 Å². The Morgan fingerprint density at radius 2 is 2.21 bits per heavy atom. The number of carbonyl (C=O) groups excluding carboxylic acids is 2. The van der Waals surface area contributed by atoms with Crippen molar-refractivity contribution in [3.63, 3.8) is 0 Å². The first-order valence-corrected chi connectivity index (χ1v) is 9.96. The smallest absolute Gasteiger partial charge is 0.408 e. The van der Waals surface area contributed by atoms with Crippen molar-refractivity contribution in [2.75, 3.05) is 17.7 Å². The summed E-state index contributed by atoms with van der Waals surface area (Å²) in [6, 6.07) is 5.54. The van der Waals surface area contributed by atoms with Gasteiger partial charge in [0, 0.05) is 11.3 Å². The number of nitrogens with zero attached hydrogens (tertiary/aromatic N) is 4. The number of anilines is 1. The molecule has 3 heterocycles. The Balaban J connectivity index is 1.53. The van der Waals surface area contributed by atoms with Crippen molar-refractivity contribution < 1.29 is 19.1 Å². The quantitative estimate of drug-likeness (QED) is 0.785. The lowest BCUT2D eigenvalue weighted by Gasteiger charge is -2.20. The molecule has 29 heavy (non-hydrogen) atoms. The molecule has 4 rings (SSSR count). The van der Waals surface area contributed by atoms with Gasteiger partial charge in [0.1, 0.15) is 11.4 Å². The molecule has 1 aromatic carbocycles. The minimum Gasteiger partial charge on any atom is -0.482 e. The van der Waals surface area contributed by atoms with Crippen LogP contribution in [0.1, 0.15) is 32.2 Å². The van der Waals surface area contributed by atoms with Gasteiger partial charge in [0.15, 0.2) is 12.4 Å². The summed E-state index contributed by atoms with van der Waals surface area (Å²) >= 11 is 1.49. The zero-order valence-electron chi connectivity index (χ0n) is 16.2. The fourth-order valence-electron chi connectivity index (χ4n) is 2.75. The molecule has 0 bridgehead atoms. The molecule has 1 aromatic heterocycles. The van der Waals surface area contributed by atoms with E-state index in [0.29, 0.717) is 28.2 Å². The van der Waals surface area contributed by atoms with Gasteiger partial charge in [0.25, 0.3) is 5.91 Å². The predicted molar refractivity (Wildman–Crippen MR) is 106 cm³/mol. The van der Waals surface area contributed by atoms with Crippen LogP contribution in [0.5, 0.6) is 5.75 Å². The van der Waals surface area contributed by atoms with E-state index in [4.69, 9.17) is 9.47 Å². The van der Waals surface area contributed by atoms with Crippen LogP contribution in [0.4, 0.5) is 10.5 Å². The number of fused-ring (bicyclic) bond motifs is 2. The number of carbonyl (C=O) groups is 2. The number of thioether (sulfide) groups is 1. The van der Waals surface area contributed by atoms with Gasteiger partial charge >= 0.3 is 6.09 Å². The molecule has 2 aliphatic heterocycles. The van der Waals surface area contributed by atoms with Gasteiger partial charge in [0.2, 0.25) is 5.16 Å². The standard InChI is InChI=1S/C18H20N6O4S/c1-18(2,3)28-17(26)19-7-14-21-22-16-24(14)23-12(9-29-16)10-4-5-13-11(6-10)20-15(25)8-27-13/h4-6H,7-9H2,1-3H3,(H,19,26)(H,20,25). The van der Waals surface area contributed by atoms with Crippen molar-refractivity contribution in [1.29, 1.82) is 0 Å². The van der Waals surface area contributed by atoms with E-state index in [1.807, 2.05) is 18.2 Å². The molecule has 10 nitrogen and oxygen atoms in total. The SMILES string of the molecule is CC(C)(C)OC(=O)NCc1nnc2n1N=C(c1ccc3c(c1)NC(=O)CO3)CS2. The molecule has 0 radical (unpaired) electrons. The van der Waals surface area contributed by atoms with Crippen LogP contribution in [0.15, 0.2) is 28.5 Å². The number of hydrogen-bond acceptors (Lipinski definition) is 8. The molecular weight excluding hydrogens is 396 g/mol. The highest BCUT2D eigenvalue weighted by Crippen LogP contribution is 2.31. The van der Waals surface area contributed by atoms with Crippen LogP contribution in [0.3, 0.4) is 0 Å². The molecule has 0 unspecified atom stereocenters. The van der Waals surface area contributed by atoms with E-state index in [1.165, 1.54) is 11.8 Å². The van der Waals surface area contributed by atoms with E-state index in [0.717, 1.165) is 11.3 Å². The Hall–Kier alpha value is -3.08. The Kier molecular flexibility index (Phi) is 4.91. The molecular formula is C18H20N6O4S. The molecule has 11 heteroatoms. The van der Waals surface area contributed by atoms with Crippen LogP contribution < -0.4 is 15.4 Å². The van der Waals surface area contributed by atoms with Crippen molar-refractivity contribution in [2.24, 2.45) is 5.10 Å². The highest BCUT2D eigenvalue weighted by atomic mass is 32.2. The monoisotopic (exact) mass is 416 g/mol. The van der Waals surface area contributed by atoms with Gasteiger partial charge in [0.05, 0.1) is 17.9 Å². The minimum absolute atomic E-state index is 0.0151. The molecule has 0 spiro atoms. The van der Waals surface area contributed by atoms with Gasteiger partial charge in [-0.15, -0.1) is 10.2 Å². The van der Waals surface area contributed by atoms with Gasteiger partial charge in [-0.3, -0.25) is 4.79 Å². The van der Waals surface area contributed by atoms with E-state index in [2.05, 4.69) is 25.9 Å². The molecule has 2 amide bonds. The predicted octanol–water partition coefficient (Wildman–Crippen LogP) is 1.99. The molecule has 0 saturated heterocycles. The van der Waals surface area contributed by atoms with Crippen LogP contribution in [0.2, 0.25) is 0 Å². The average Bonchev–Trinajstić information content (AvgIpc) is 3.06. The van der Waals surface area contributed by atoms with Crippen LogP contribution in [0.25, 0.3) is 0 Å². The Morgan fingerprint density at radius 1 is 1.38 bits per heavy atom. The number of aromatic nitrogens is 3. The lowest BCUT2D eigenvalue weighted by atomic mass is 10.1. The van der Waals surface area contributed by atoms with Crippen molar-refractivity contribution in [1.82, 2.24) is 20.2 Å². The zero-order valence-corrected chi connectivity index (χ0v) is 17.0. The zero-order chi connectivity index (χ0) is 20.6. The van der Waals surface area contributed by atoms with Gasteiger partial charge in [-0.2, -0.15) is 9.78 Å². The maximum atomic E-state index is 11.9. The first-order chi connectivity index (χ1) is 13.8. The van der Waals surface area contributed by atoms with Gasteiger partial charge in [-0.1, -0.05) is 11.8 Å². The van der Waals surface area contributed by atoms with Crippen molar-refractivity contribution >= 4 is 35.2 Å². The highest BCUT2D eigenvalue weighted by molar-refractivity contribution is 7.99. The first kappa shape index (κ1) is 19.2. The summed E-state index contributed by atoms with van der Waals surface area (Å²) in [5.41, 5.74) is 1.69. The normalized spacial score (nSPS) is 15.4. The van der Waals surface area contributed by atoms with Gasteiger partial charge in [-0.25, -0.2) is 4.79 Å². The number of ether oxygens (including phenoxy) is 2. The molecule has 152 valence electrons. The maximum absolute atomic E-state index is 11.9. The summed E-state index contributed by atoms with van der Waals surface area (Å²) in [5, 5.41) is 19.0. The van der Waals surface area contributed by atoms with Crippen LogP contribution in [-0.4, -0.2) is 50.5 Å². The molecule has 0 fully saturated rings. The molecule has 2 N–H and O–H groups in total. The maximum Gasteiger partial charge on any atom is 0.408 e. The molecule has 0 atom stereocenters. The summed E-state index contributed by atoms with van der Waals surface area (Å²) in [6.45, 7) is 5.54. The highest BCUT2D eigenvalue weighted by Gasteiger charge is 2.23. The largest absolute Gasteiger partial charge is 0.482 e. The van der Waals surface area contributed by atoms with E-state index >= 15 is 0 Å². The average molecular weight is 416 g/mol. The fourth-order valence-corrected chi connectivity index (χ4v) is 3.61. The van der Waals surface area contributed by atoms with E-state index in [9.17, 15) is 9.59 Å². The fraction of sp³-hybridized carbons (Fsp3) is 0.389. The summed E-state index contributed by atoms with van der Waals surface area (Å²) < 4.78 is 12.2. The van der Waals surface area contributed by atoms with Crippen molar-refractivity contribution in [3.8, 4) is 5.75 Å². The first-order valence-electron chi connectivity index (χ1n) is 8.97. The Bertz CT molecular complexity index is 1010. The number of rotatable bonds is 3. The Labute approximate surface area is 171 Å². The number of hydrogen-bond donors (Lipinski definition) is 2. The molecule has 0 aliphatic carbocycles. The third-order valence-corrected chi connectivity index (χ3v) is 4.90. The third-order valence-electron chi connectivity index (χ3n) is 3.97. The van der Waals surface area contributed by atoms with Crippen LogP contribution in [-0.2, 0) is 16.1 Å². The number of amides is 2. The molecule has 0 saturated carbocycles. The van der Waals surface area contributed by atoms with Crippen molar-refractivity contribution in [2.45, 2.75) is 38.1 Å². The molecule has 2 aliphatic rings. The third kappa shape index (κ3) is 4.34. The topological polar surface area (TPSA) is 120 Å². The lowest BCUT2D eigenvalue weighted by Crippen LogP contribution is -2.32. The summed E-state index contributed by atoms with van der Waals surface area (Å²) in [5.74, 6) is 1.53. The summed E-state index contributed by atoms with van der Waals surface area (Å²) in [4.78, 5) is 23.5. The lowest BCUT2D eigenvalue weighted by molar-refractivity contribution is -0.118. The van der Waals surface area contributed by atoms with Crippen LogP contribution >= 0.6 is 11.8 Å². The van der Waals surface area contributed by atoms with E-state index in [-0.39, 0.29) is 19.1 Å². The van der Waals surface area contributed by atoms with E-state index in [1.54, 1.807) is 25.4 Å². The van der Waals surface area contributed by atoms with Gasteiger partial charge in [-0.05, 0) is 39.0 Å². The summed E-state index contributed by atoms with van der Waals surface area (Å²) in [6.07, 6.45) is -0.534. The second-order valence-corrected chi connectivity index (χ2v) is 8.39. The second-order valence-electron chi connectivity index (χ2n) is 7.45. The van der Waals surface area contributed by atoms with Crippen molar-refractivity contribution in [3.05, 3.63) is 29.6 Å². The number of benzene rings is 1. The molecule has 2 aromatic rings.